The van der Waals surface area contributed by atoms with Crippen molar-refractivity contribution in [3.63, 3.8) is 0 Å². The van der Waals surface area contributed by atoms with Gasteiger partial charge in [-0.1, -0.05) is 12.1 Å². The average Bonchev–Trinajstić information content (AvgIpc) is 2.97. The summed E-state index contributed by atoms with van der Waals surface area (Å²) in [6, 6.07) is 13.7. The van der Waals surface area contributed by atoms with Gasteiger partial charge in [0.15, 0.2) is 0 Å². The minimum atomic E-state index is -0.352. The van der Waals surface area contributed by atoms with Crippen molar-refractivity contribution < 1.29 is 4.42 Å². The van der Waals surface area contributed by atoms with Crippen LogP contribution in [0.15, 0.2) is 51.7 Å². The number of benzene rings is 2. The fourth-order valence-electron chi connectivity index (χ4n) is 2.89. The van der Waals surface area contributed by atoms with Gasteiger partial charge in [0.05, 0.1) is 15.8 Å². The Kier molecular flexibility index (Phi) is 3.39. The fourth-order valence-corrected chi connectivity index (χ4v) is 3.86. The van der Waals surface area contributed by atoms with Crippen LogP contribution < -0.4 is 10.5 Å². The summed E-state index contributed by atoms with van der Waals surface area (Å²) in [7, 11) is 3.95. The van der Waals surface area contributed by atoms with E-state index in [-0.39, 0.29) is 5.63 Å². The molecule has 0 atom stereocenters. The molecule has 0 radical (unpaired) electrons. The van der Waals surface area contributed by atoms with E-state index in [2.05, 4.69) is 11.9 Å². The number of thiazole rings is 1. The molecule has 4 rings (SSSR count). The zero-order chi connectivity index (χ0) is 16.8. The molecule has 0 unspecified atom stereocenters. The van der Waals surface area contributed by atoms with Crippen molar-refractivity contribution in [3.8, 4) is 10.6 Å². The van der Waals surface area contributed by atoms with Crippen molar-refractivity contribution in [1.82, 2.24) is 4.98 Å². The van der Waals surface area contributed by atoms with Crippen LogP contribution in [0.25, 0.3) is 31.8 Å². The maximum Gasteiger partial charge on any atom is 0.346 e. The number of fused-ring (bicyclic) bond motifs is 2. The van der Waals surface area contributed by atoms with E-state index < -0.39 is 0 Å². The van der Waals surface area contributed by atoms with Crippen molar-refractivity contribution in [2.45, 2.75) is 6.92 Å². The molecule has 0 N–H and O–H groups in total. The molecule has 2 heterocycles. The molecule has 0 saturated heterocycles. The minimum Gasteiger partial charge on any atom is -0.422 e. The smallest absolute Gasteiger partial charge is 0.346 e. The molecule has 2 aromatic heterocycles. The average molecular weight is 336 g/mol. The van der Waals surface area contributed by atoms with Crippen LogP contribution >= 0.6 is 11.3 Å². The van der Waals surface area contributed by atoms with Crippen LogP contribution in [0.1, 0.15) is 5.56 Å². The number of anilines is 1. The molecule has 0 aliphatic carbocycles. The number of hydrogen-bond donors (Lipinski definition) is 0. The van der Waals surface area contributed by atoms with Crippen molar-refractivity contribution in [2.24, 2.45) is 0 Å². The second-order valence-corrected chi connectivity index (χ2v) is 7.04. The highest BCUT2D eigenvalue weighted by molar-refractivity contribution is 7.21. The third-order valence-electron chi connectivity index (χ3n) is 4.06. The molecule has 4 aromatic rings. The van der Waals surface area contributed by atoms with Gasteiger partial charge in [0.1, 0.15) is 10.6 Å². The quantitative estimate of drug-likeness (QED) is 0.508. The third kappa shape index (κ3) is 2.37. The molecule has 0 aliphatic rings. The number of hydrogen-bond acceptors (Lipinski definition) is 5. The van der Waals surface area contributed by atoms with Gasteiger partial charge in [-0.05, 0) is 36.8 Å². The van der Waals surface area contributed by atoms with Crippen LogP contribution in [0.2, 0.25) is 0 Å². The van der Waals surface area contributed by atoms with Crippen LogP contribution in [0, 0.1) is 6.92 Å². The Morgan fingerprint density at radius 2 is 1.92 bits per heavy atom. The Bertz CT molecular complexity index is 1090. The van der Waals surface area contributed by atoms with Crippen LogP contribution in [-0.4, -0.2) is 19.1 Å². The molecule has 0 saturated carbocycles. The highest BCUT2D eigenvalue weighted by Crippen LogP contribution is 2.31. The maximum absolute atomic E-state index is 12.5. The van der Waals surface area contributed by atoms with E-state index in [4.69, 9.17) is 4.42 Å². The monoisotopic (exact) mass is 336 g/mol. The summed E-state index contributed by atoms with van der Waals surface area (Å²) in [6.45, 7) is 2.05. The van der Waals surface area contributed by atoms with Crippen molar-refractivity contribution in [1.29, 1.82) is 0 Å². The molecule has 0 aliphatic heterocycles. The largest absolute Gasteiger partial charge is 0.422 e. The number of aryl methyl sites for hydroxylation is 1. The zero-order valence-corrected chi connectivity index (χ0v) is 14.5. The van der Waals surface area contributed by atoms with Gasteiger partial charge >= 0.3 is 5.63 Å². The van der Waals surface area contributed by atoms with E-state index in [9.17, 15) is 4.79 Å². The van der Waals surface area contributed by atoms with E-state index >= 15 is 0 Å². The first kappa shape index (κ1) is 14.9. The predicted octanol–water partition coefficient (Wildman–Crippen LogP) is 4.44. The number of rotatable bonds is 2. The number of nitrogens with zero attached hydrogens (tertiary/aromatic N) is 2. The van der Waals surface area contributed by atoms with Crippen LogP contribution in [-0.2, 0) is 0 Å². The lowest BCUT2D eigenvalue weighted by Gasteiger charge is -2.16. The summed E-state index contributed by atoms with van der Waals surface area (Å²) in [6.07, 6.45) is 0. The summed E-state index contributed by atoms with van der Waals surface area (Å²) in [5.74, 6) is 0. The normalized spacial score (nSPS) is 11.3. The van der Waals surface area contributed by atoms with Crippen molar-refractivity contribution in [3.05, 3.63) is 58.4 Å². The van der Waals surface area contributed by atoms with Gasteiger partial charge in [-0.2, -0.15) is 0 Å². The lowest BCUT2D eigenvalue weighted by Crippen LogP contribution is -2.10. The lowest BCUT2D eigenvalue weighted by atomic mass is 10.1. The van der Waals surface area contributed by atoms with Crippen LogP contribution in [0.5, 0.6) is 0 Å². The fraction of sp³-hybridized carbons (Fsp3) is 0.158. The summed E-state index contributed by atoms with van der Waals surface area (Å²) >= 11 is 1.51. The highest BCUT2D eigenvalue weighted by atomic mass is 32.1. The molecule has 24 heavy (non-hydrogen) atoms. The molecule has 0 bridgehead atoms. The zero-order valence-electron chi connectivity index (χ0n) is 13.7. The molecule has 2 aromatic carbocycles. The van der Waals surface area contributed by atoms with E-state index in [1.807, 2.05) is 61.5 Å². The summed E-state index contributed by atoms with van der Waals surface area (Å²) in [5, 5.41) is 1.60. The molecule has 120 valence electrons. The Morgan fingerprint density at radius 1 is 1.12 bits per heavy atom. The lowest BCUT2D eigenvalue weighted by molar-refractivity contribution is 0.563. The number of para-hydroxylation sites is 1. The molecular weight excluding hydrogens is 320 g/mol. The van der Waals surface area contributed by atoms with Crippen molar-refractivity contribution >= 4 is 38.2 Å². The molecule has 4 nitrogen and oxygen atoms in total. The Balaban J connectivity index is 1.94. The van der Waals surface area contributed by atoms with Crippen LogP contribution in [0.4, 0.5) is 5.69 Å². The summed E-state index contributed by atoms with van der Waals surface area (Å²) < 4.78 is 6.63. The first-order chi connectivity index (χ1) is 11.5. The Morgan fingerprint density at radius 3 is 2.67 bits per heavy atom. The van der Waals surface area contributed by atoms with E-state index in [0.29, 0.717) is 16.2 Å². The van der Waals surface area contributed by atoms with Gasteiger partial charge < -0.3 is 9.32 Å². The van der Waals surface area contributed by atoms with E-state index in [1.54, 1.807) is 0 Å². The van der Waals surface area contributed by atoms with Gasteiger partial charge in [0.25, 0.3) is 0 Å². The predicted molar refractivity (Wildman–Crippen MR) is 100 cm³/mol. The van der Waals surface area contributed by atoms with Gasteiger partial charge in [0, 0.05) is 31.2 Å². The standard InChI is InChI=1S/C19H16N2O2S/c1-11-8-12-9-13(18-20-14-6-4-5-7-17(14)24-18)19(22)23-16(12)10-15(11)21(2)3/h4-10H,1-3H3. The molecule has 0 amide bonds. The summed E-state index contributed by atoms with van der Waals surface area (Å²) in [5.41, 5.74) is 3.83. The second kappa shape index (κ2) is 5.46. The first-order valence-electron chi connectivity index (χ1n) is 7.65. The molecular formula is C19H16N2O2S. The third-order valence-corrected chi connectivity index (χ3v) is 5.13. The Hall–Kier alpha value is -2.66. The molecule has 0 spiro atoms. The van der Waals surface area contributed by atoms with Crippen LogP contribution in [0.3, 0.4) is 0 Å². The van der Waals surface area contributed by atoms with Gasteiger partial charge in [-0.3, -0.25) is 0 Å². The van der Waals surface area contributed by atoms with E-state index in [0.717, 1.165) is 26.9 Å². The van der Waals surface area contributed by atoms with Crippen molar-refractivity contribution in [2.75, 3.05) is 19.0 Å². The van der Waals surface area contributed by atoms with Gasteiger partial charge in [0.2, 0.25) is 0 Å². The van der Waals surface area contributed by atoms with E-state index in [1.165, 1.54) is 11.3 Å². The minimum absolute atomic E-state index is 0.352. The molecule has 0 fully saturated rings. The van der Waals surface area contributed by atoms with Gasteiger partial charge in [-0.15, -0.1) is 11.3 Å². The molecule has 5 heteroatoms. The topological polar surface area (TPSA) is 46.3 Å². The van der Waals surface area contributed by atoms with Gasteiger partial charge in [-0.25, -0.2) is 9.78 Å². The maximum atomic E-state index is 12.5. The highest BCUT2D eigenvalue weighted by Gasteiger charge is 2.14. The number of aromatic nitrogens is 1. The second-order valence-electron chi connectivity index (χ2n) is 6.01. The SMILES string of the molecule is Cc1cc2cc(-c3nc4ccccc4s3)c(=O)oc2cc1N(C)C. The summed E-state index contributed by atoms with van der Waals surface area (Å²) in [4.78, 5) is 19.0. The first-order valence-corrected chi connectivity index (χ1v) is 8.46. The Labute approximate surface area is 143 Å².